The third-order valence-electron chi connectivity index (χ3n) is 7.49. The summed E-state index contributed by atoms with van der Waals surface area (Å²) in [6, 6.07) is 0. The molecule has 4 aromatic rings. The summed E-state index contributed by atoms with van der Waals surface area (Å²) in [6.07, 6.45) is 2.84. The van der Waals surface area contributed by atoms with Crippen LogP contribution in [0, 0.1) is 11.8 Å². The van der Waals surface area contributed by atoms with Gasteiger partial charge in [0.15, 0.2) is 29.2 Å². The van der Waals surface area contributed by atoms with Crippen molar-refractivity contribution in [3.8, 4) is 0 Å². The quantitative estimate of drug-likeness (QED) is 0.0378. The Morgan fingerprint density at radius 3 is 1.67 bits per heavy atom. The summed E-state index contributed by atoms with van der Waals surface area (Å²) in [5, 5.41) is 12.4. The first kappa shape index (κ1) is 57.1. The maximum Gasteiger partial charge on any atom is 0.350 e. The zero-order chi connectivity index (χ0) is 45.1. The van der Waals surface area contributed by atoms with E-state index in [0.29, 0.717) is 47.8 Å². The summed E-state index contributed by atoms with van der Waals surface area (Å²) < 4.78 is 60.2. The number of aliphatic hydroxyl groups is 1. The normalized spacial score (nSPS) is 14.9. The Hall–Kier alpha value is -2.93. The van der Waals surface area contributed by atoms with Crippen molar-refractivity contribution in [2.24, 2.45) is 17.6 Å². The predicted molar refractivity (Wildman–Crippen MR) is 221 cm³/mol. The fourth-order valence-electron chi connectivity index (χ4n) is 4.47. The Morgan fingerprint density at radius 2 is 1.27 bits per heavy atom. The van der Waals surface area contributed by atoms with Gasteiger partial charge in [-0.15, -0.1) is 12.4 Å². The summed E-state index contributed by atoms with van der Waals surface area (Å²) in [6.45, 7) is 15.4. The van der Waals surface area contributed by atoms with Gasteiger partial charge >= 0.3 is 13.6 Å². The molecular weight excluding hydrogens is 896 g/mol. The molecule has 0 bridgehead atoms. The van der Waals surface area contributed by atoms with Crippen LogP contribution in [0.4, 0.5) is 16.4 Å². The average Bonchev–Trinajstić information content (AvgIpc) is 3.77. The first-order valence-electron chi connectivity index (χ1n) is 18.3. The number of halogens is 2. The number of hydrogen-bond donors (Lipinski definition) is 8. The van der Waals surface area contributed by atoms with Gasteiger partial charge in [-0.05, 0) is 41.5 Å². The monoisotopic (exact) mass is 957 g/mol. The second-order valence-corrected chi connectivity index (χ2v) is 17.3. The van der Waals surface area contributed by atoms with Gasteiger partial charge in [-0.2, -0.15) is 0 Å². The zero-order valence-electron chi connectivity index (χ0n) is 35.7. The van der Waals surface area contributed by atoms with Crippen LogP contribution in [0.15, 0.2) is 25.3 Å². The molecule has 0 aliphatic rings. The minimum Gasteiger partial charge on any atom is -0.463 e. The number of fused-ring (bicyclic) bond motifs is 2. The zero-order valence-corrected chi connectivity index (χ0v) is 38.7. The molecule has 0 amide bonds. The third-order valence-corrected chi connectivity index (χ3v) is 9.16. The van der Waals surface area contributed by atoms with E-state index in [4.69, 9.17) is 50.7 Å². The van der Waals surface area contributed by atoms with Crippen LogP contribution in [0.1, 0.15) is 55.4 Å². The van der Waals surface area contributed by atoms with Crippen molar-refractivity contribution in [1.82, 2.24) is 44.1 Å². The molecule has 4 heterocycles. The van der Waals surface area contributed by atoms with Crippen LogP contribution in [0.2, 0.25) is 0 Å². The van der Waals surface area contributed by atoms with E-state index in [1.54, 1.807) is 57.0 Å². The molecular formula is C32H60ClFN12O11P2V. The number of carbonyl (C=O) groups is 1. The van der Waals surface area contributed by atoms with Crippen molar-refractivity contribution in [1.29, 1.82) is 1.45 Å². The van der Waals surface area contributed by atoms with E-state index in [9.17, 15) is 23.9 Å². The Labute approximate surface area is 367 Å². The number of hydrogen-bond acceptors (Lipinski definition) is 17. The van der Waals surface area contributed by atoms with Crippen LogP contribution < -0.4 is 22.3 Å². The second-order valence-electron chi connectivity index (χ2n) is 13.8. The van der Waals surface area contributed by atoms with Gasteiger partial charge in [0.05, 0.1) is 56.1 Å². The first-order chi connectivity index (χ1) is 27.5. The number of aliphatic hydroxyl groups excluding tert-OH is 1. The van der Waals surface area contributed by atoms with Crippen molar-refractivity contribution in [2.45, 2.75) is 99.2 Å². The van der Waals surface area contributed by atoms with Gasteiger partial charge in [0, 0.05) is 37.6 Å². The summed E-state index contributed by atoms with van der Waals surface area (Å²) in [7, 11) is -7.89. The third kappa shape index (κ3) is 21.2. The van der Waals surface area contributed by atoms with E-state index >= 15 is 0 Å². The summed E-state index contributed by atoms with van der Waals surface area (Å²) in [5.74, 6) is -0.172. The molecule has 4 aromatic heterocycles. The van der Waals surface area contributed by atoms with Crippen molar-refractivity contribution in [2.75, 3.05) is 37.3 Å². The number of carbonyl (C=O) groups excluding carboxylic acids is 1. The van der Waals surface area contributed by atoms with E-state index in [1.807, 2.05) is 13.8 Å². The minimum atomic E-state index is -4.16. The summed E-state index contributed by atoms with van der Waals surface area (Å²) in [4.78, 5) is 62.6. The minimum absolute atomic E-state index is 0. The molecule has 0 fully saturated rings. The van der Waals surface area contributed by atoms with Gasteiger partial charge in [0.2, 0.25) is 0 Å². The molecule has 0 aliphatic heterocycles. The Bertz CT molecular complexity index is 1960. The topological polar surface area (TPSA) is 346 Å². The Morgan fingerprint density at radius 1 is 0.817 bits per heavy atom. The number of anilines is 2. The van der Waals surface area contributed by atoms with Crippen molar-refractivity contribution in [3.63, 3.8) is 0 Å². The van der Waals surface area contributed by atoms with E-state index in [1.165, 1.54) is 19.0 Å². The summed E-state index contributed by atoms with van der Waals surface area (Å²) >= 11 is 0. The smallest absolute Gasteiger partial charge is 0.350 e. The molecule has 2 unspecified atom stereocenters. The summed E-state index contributed by atoms with van der Waals surface area (Å²) in [5.41, 5.74) is 18.8. The molecule has 343 valence electrons. The van der Waals surface area contributed by atoms with Crippen LogP contribution >= 0.6 is 27.5 Å². The van der Waals surface area contributed by atoms with Gasteiger partial charge in [-0.25, -0.2) is 35.0 Å². The number of esters is 1. The molecule has 1 radical (unpaired) electrons. The number of nitrogens with one attached hydrogen (secondary N) is 1. The molecule has 0 saturated heterocycles. The number of nitrogens with two attached hydrogens (primary N) is 3. The average molecular weight is 958 g/mol. The number of imidazole rings is 2. The van der Waals surface area contributed by atoms with Gasteiger partial charge in [-0.1, -0.05) is 13.8 Å². The Kier molecular flexibility index (Phi) is 26.5. The van der Waals surface area contributed by atoms with Crippen molar-refractivity contribution < 1.29 is 75.9 Å². The van der Waals surface area contributed by atoms with E-state index in [2.05, 4.69) is 36.4 Å². The fourth-order valence-corrected chi connectivity index (χ4v) is 6.04. The second kappa shape index (κ2) is 27.9. The SMILES string of the molecule is CC(C)OC(=O)[C@@H](C)CN.CC(C)OC(O)[C@@H](C)CNP(=O)(O)CO[C@H](C)Cn1cnc2c(N)ncnc21.C[C@H](Cn1cnc2c(N)ncnc21)OCP(=O)(O)O.Cl.[3H]F.[V]. The van der Waals surface area contributed by atoms with Crippen molar-refractivity contribution in [3.05, 3.63) is 25.3 Å². The predicted octanol–water partition coefficient (Wildman–Crippen LogP) is 1.98. The first-order valence-corrected chi connectivity index (χ1v) is 21.6. The molecule has 28 heteroatoms. The molecule has 6 atom stereocenters. The van der Waals surface area contributed by atoms with E-state index < -0.39 is 33.9 Å². The molecule has 0 aliphatic carbocycles. The number of aromatic nitrogens is 8. The van der Waals surface area contributed by atoms with Crippen LogP contribution in [0.25, 0.3) is 22.3 Å². The van der Waals surface area contributed by atoms with Crippen LogP contribution in [-0.4, -0.2) is 123 Å². The number of ether oxygens (including phenoxy) is 4. The van der Waals surface area contributed by atoms with Crippen LogP contribution in [0.3, 0.4) is 0 Å². The molecule has 0 saturated carbocycles. The van der Waals surface area contributed by atoms with Crippen LogP contribution in [0.5, 0.6) is 0 Å². The maximum absolute atomic E-state index is 12.3. The number of nitrogen functional groups attached to an aromatic ring is 2. The molecule has 60 heavy (non-hydrogen) atoms. The van der Waals surface area contributed by atoms with Gasteiger partial charge < -0.3 is 65.1 Å². The van der Waals surface area contributed by atoms with Gasteiger partial charge in [-0.3, -0.25) is 18.6 Å². The molecule has 0 aromatic carbocycles. The van der Waals surface area contributed by atoms with Gasteiger partial charge in [0.25, 0.3) is 8.97 Å². The molecule has 0 spiro atoms. The Balaban J connectivity index is 0. The number of nitrogens with zero attached hydrogens (tertiary/aromatic N) is 8. The largest absolute Gasteiger partial charge is 0.463 e. The van der Waals surface area contributed by atoms with E-state index in [0.717, 1.165) is 0 Å². The fraction of sp³-hybridized carbons (Fsp3) is 0.656. The molecule has 4 rings (SSSR count). The molecule has 23 nitrogen and oxygen atoms in total. The maximum atomic E-state index is 12.3. The number of rotatable bonds is 19. The van der Waals surface area contributed by atoms with E-state index in [-0.39, 0.29) is 85.8 Å². The molecule has 11 N–H and O–H groups in total. The van der Waals surface area contributed by atoms with Crippen molar-refractivity contribution >= 4 is 67.5 Å². The van der Waals surface area contributed by atoms with Gasteiger partial charge in [0.1, 0.15) is 36.4 Å². The van der Waals surface area contributed by atoms with Crippen LogP contribution in [-0.2, 0) is 64.5 Å². The standard InChI is InChI=1S/C16H29N6O5P.C9H14N5O4P.C7H15NO2.ClH.FH.V/c1-10(2)27-16(23)11(3)5-21-28(24,25)9-26-12(4)6-22-8-20-13-14(17)18-7-19-15(13)22;1-6(18-5-19(15,16)17)2-14-4-13-7-8(10)11-3-12-9(7)14;1-5(2)10-7(9)6(3)4-8;;;/h7-8,10-12,16,23H,5-6,9H2,1-4H3,(H2,17,18,19)(H2,21,24,25);3-4,6H,2,5H2,1H3,(H2,10,11,12)(H2,15,16,17);5-6H,4,8H2,1-3H3;2*1H;/t11-,12+,16?;2*6-;;;/m010.../s1/i/hT.